The lowest BCUT2D eigenvalue weighted by molar-refractivity contribution is 0.217. The molecule has 1 heterocycles. The van der Waals surface area contributed by atoms with E-state index in [2.05, 4.69) is 29.4 Å². The van der Waals surface area contributed by atoms with Gasteiger partial charge in [-0.25, -0.2) is 0 Å². The minimum absolute atomic E-state index is 0.393. The van der Waals surface area contributed by atoms with Gasteiger partial charge in [-0.1, -0.05) is 38.0 Å². The molecule has 0 aromatic carbocycles. The van der Waals surface area contributed by atoms with Crippen molar-refractivity contribution in [1.29, 1.82) is 0 Å². The summed E-state index contributed by atoms with van der Waals surface area (Å²) in [5, 5.41) is 12.3. The van der Waals surface area contributed by atoms with Crippen molar-refractivity contribution in [2.24, 2.45) is 5.41 Å². The molecule has 1 aliphatic rings. The molecule has 1 N–H and O–H groups in total. The quantitative estimate of drug-likeness (QED) is 0.817. The first-order valence-corrected chi connectivity index (χ1v) is 6.09. The van der Waals surface area contributed by atoms with Crippen LogP contribution in [0, 0.1) is 5.41 Å². The lowest BCUT2D eigenvalue weighted by Crippen LogP contribution is -2.38. The van der Waals surface area contributed by atoms with Crippen LogP contribution in [0.4, 0.5) is 5.13 Å². The molecule has 0 radical (unpaired) electrons. The molecule has 1 aromatic heterocycles. The first kappa shape index (κ1) is 9.90. The van der Waals surface area contributed by atoms with E-state index in [4.69, 9.17) is 0 Å². The number of rotatable bonds is 2. The number of aromatic nitrogens is 2. The largest absolute Gasteiger partial charge is 0.357 e. The number of hydrogen-bond donors (Lipinski definition) is 1. The molecule has 0 bridgehead atoms. The maximum absolute atomic E-state index is 4.03. The third-order valence-electron chi connectivity index (χ3n) is 3.16. The highest BCUT2D eigenvalue weighted by Gasteiger charge is 2.32. The maximum Gasteiger partial charge on any atom is 0.205 e. The zero-order valence-electron chi connectivity index (χ0n) is 8.79. The molecule has 0 spiro atoms. The van der Waals surface area contributed by atoms with Gasteiger partial charge in [0.1, 0.15) is 5.51 Å². The van der Waals surface area contributed by atoms with Crippen LogP contribution in [0.5, 0.6) is 0 Å². The van der Waals surface area contributed by atoms with E-state index >= 15 is 0 Å². The van der Waals surface area contributed by atoms with E-state index in [9.17, 15) is 0 Å². The first-order chi connectivity index (χ1) is 6.68. The summed E-state index contributed by atoms with van der Waals surface area (Å²) < 4.78 is 0. The summed E-state index contributed by atoms with van der Waals surface area (Å²) in [4.78, 5) is 0. The van der Waals surface area contributed by atoms with Crippen LogP contribution in [0.3, 0.4) is 0 Å². The number of nitrogens with one attached hydrogen (secondary N) is 1. The minimum atomic E-state index is 0.393. The van der Waals surface area contributed by atoms with E-state index in [1.807, 2.05) is 0 Å². The van der Waals surface area contributed by atoms with Gasteiger partial charge in [0.2, 0.25) is 5.13 Å². The van der Waals surface area contributed by atoms with Gasteiger partial charge in [0.05, 0.1) is 0 Å². The van der Waals surface area contributed by atoms with Crippen LogP contribution in [-0.2, 0) is 0 Å². The Kier molecular flexibility index (Phi) is 2.72. The van der Waals surface area contributed by atoms with Gasteiger partial charge in [0.25, 0.3) is 0 Å². The summed E-state index contributed by atoms with van der Waals surface area (Å²) in [6.07, 6.45) is 5.26. The van der Waals surface area contributed by atoms with E-state index in [-0.39, 0.29) is 0 Å². The molecule has 0 amide bonds. The summed E-state index contributed by atoms with van der Waals surface area (Å²) in [7, 11) is 0. The zero-order chi connectivity index (χ0) is 10.0. The van der Waals surface area contributed by atoms with Crippen LogP contribution in [-0.4, -0.2) is 16.2 Å². The van der Waals surface area contributed by atoms with E-state index in [1.54, 1.807) is 16.8 Å². The Bertz CT molecular complexity index is 282. The van der Waals surface area contributed by atoms with Crippen LogP contribution in [0.1, 0.15) is 39.5 Å². The Hall–Kier alpha value is -0.640. The van der Waals surface area contributed by atoms with Crippen molar-refractivity contribution in [1.82, 2.24) is 10.2 Å². The van der Waals surface area contributed by atoms with E-state index < -0.39 is 0 Å². The molecule has 0 aliphatic heterocycles. The third-order valence-corrected chi connectivity index (χ3v) is 3.79. The molecular weight excluding hydrogens is 194 g/mol. The standard InChI is InChI=1S/C10H17N3S/c1-10(2)6-4-3-5-8(10)12-9-13-11-7-14-9/h7-8H,3-6H2,1-2H3,(H,12,13). The van der Waals surface area contributed by atoms with Crippen molar-refractivity contribution in [3.63, 3.8) is 0 Å². The molecule has 1 atom stereocenters. The Morgan fingerprint density at radius 1 is 1.50 bits per heavy atom. The molecule has 1 unspecified atom stereocenters. The number of hydrogen-bond acceptors (Lipinski definition) is 4. The Morgan fingerprint density at radius 3 is 3.00 bits per heavy atom. The van der Waals surface area contributed by atoms with Crippen molar-refractivity contribution >= 4 is 16.5 Å². The lowest BCUT2D eigenvalue weighted by Gasteiger charge is -2.38. The number of nitrogens with zero attached hydrogens (tertiary/aromatic N) is 2. The molecule has 1 aliphatic carbocycles. The van der Waals surface area contributed by atoms with Gasteiger partial charge in [0, 0.05) is 6.04 Å². The molecule has 2 rings (SSSR count). The summed E-state index contributed by atoms with van der Waals surface area (Å²) in [6, 6.07) is 0.559. The van der Waals surface area contributed by atoms with Gasteiger partial charge in [-0.3, -0.25) is 0 Å². The highest BCUT2D eigenvalue weighted by atomic mass is 32.1. The van der Waals surface area contributed by atoms with Crippen molar-refractivity contribution in [2.45, 2.75) is 45.6 Å². The van der Waals surface area contributed by atoms with Gasteiger partial charge >= 0.3 is 0 Å². The molecule has 78 valence electrons. The monoisotopic (exact) mass is 211 g/mol. The molecule has 4 heteroatoms. The summed E-state index contributed by atoms with van der Waals surface area (Å²) in [5.41, 5.74) is 2.17. The molecule has 3 nitrogen and oxygen atoms in total. The molecule has 0 saturated heterocycles. The predicted octanol–water partition coefficient (Wildman–Crippen LogP) is 2.92. The molecule has 1 aromatic rings. The minimum Gasteiger partial charge on any atom is -0.357 e. The molecule has 1 fully saturated rings. The predicted molar refractivity (Wildman–Crippen MR) is 59.6 cm³/mol. The number of anilines is 1. The van der Waals surface area contributed by atoms with Crippen molar-refractivity contribution in [2.75, 3.05) is 5.32 Å². The highest BCUT2D eigenvalue weighted by Crippen LogP contribution is 2.37. The molecular formula is C10H17N3S. The van der Waals surface area contributed by atoms with E-state index in [0.717, 1.165) is 5.13 Å². The molecule has 14 heavy (non-hydrogen) atoms. The van der Waals surface area contributed by atoms with Gasteiger partial charge in [-0.2, -0.15) is 0 Å². The second-order valence-electron chi connectivity index (χ2n) is 4.68. The summed E-state index contributed by atoms with van der Waals surface area (Å²) in [6.45, 7) is 4.68. The second-order valence-corrected chi connectivity index (χ2v) is 5.51. The molecule has 1 saturated carbocycles. The highest BCUT2D eigenvalue weighted by molar-refractivity contribution is 7.13. The van der Waals surface area contributed by atoms with Gasteiger partial charge in [-0.15, -0.1) is 10.2 Å². The smallest absolute Gasteiger partial charge is 0.205 e. The SMILES string of the molecule is CC1(C)CCCCC1Nc1nncs1. The van der Waals surface area contributed by atoms with Crippen LogP contribution in [0.2, 0.25) is 0 Å². The van der Waals surface area contributed by atoms with E-state index in [1.165, 1.54) is 25.7 Å². The zero-order valence-corrected chi connectivity index (χ0v) is 9.60. The van der Waals surface area contributed by atoms with Gasteiger partial charge in [0.15, 0.2) is 0 Å². The van der Waals surface area contributed by atoms with Crippen LogP contribution in [0.25, 0.3) is 0 Å². The average Bonchev–Trinajstić information content (AvgIpc) is 2.61. The van der Waals surface area contributed by atoms with Gasteiger partial charge < -0.3 is 5.32 Å². The van der Waals surface area contributed by atoms with Crippen LogP contribution < -0.4 is 5.32 Å². The maximum atomic E-state index is 4.03. The van der Waals surface area contributed by atoms with Gasteiger partial charge in [-0.05, 0) is 18.3 Å². The second kappa shape index (κ2) is 3.85. The van der Waals surface area contributed by atoms with Crippen molar-refractivity contribution < 1.29 is 0 Å². The fourth-order valence-electron chi connectivity index (χ4n) is 2.15. The average molecular weight is 211 g/mol. The first-order valence-electron chi connectivity index (χ1n) is 5.21. The fraction of sp³-hybridized carbons (Fsp3) is 0.800. The van der Waals surface area contributed by atoms with Crippen LogP contribution in [0.15, 0.2) is 5.51 Å². The normalized spacial score (nSPS) is 26.0. The van der Waals surface area contributed by atoms with Crippen LogP contribution >= 0.6 is 11.3 Å². The Morgan fingerprint density at radius 2 is 2.36 bits per heavy atom. The Balaban J connectivity index is 2.02. The summed E-state index contributed by atoms with van der Waals surface area (Å²) >= 11 is 1.58. The summed E-state index contributed by atoms with van der Waals surface area (Å²) in [5.74, 6) is 0. The third kappa shape index (κ3) is 2.05. The fourth-order valence-corrected chi connectivity index (χ4v) is 2.65. The van der Waals surface area contributed by atoms with Crippen molar-refractivity contribution in [3.8, 4) is 0 Å². The van der Waals surface area contributed by atoms with Crippen molar-refractivity contribution in [3.05, 3.63) is 5.51 Å². The Labute approximate surface area is 88.9 Å². The van der Waals surface area contributed by atoms with E-state index in [0.29, 0.717) is 11.5 Å². The topological polar surface area (TPSA) is 37.8 Å². The lowest BCUT2D eigenvalue weighted by atomic mass is 9.73.